The van der Waals surface area contributed by atoms with E-state index in [1.165, 1.54) is 0 Å². The second kappa shape index (κ2) is 5.21. The number of nitrogens with zero attached hydrogens (tertiary/aromatic N) is 1. The van der Waals surface area contributed by atoms with Gasteiger partial charge in [0.1, 0.15) is 23.4 Å². The molecular formula is C8H15N3O4S. The molecule has 0 aromatic rings. The van der Waals surface area contributed by atoms with Crippen LogP contribution in [0.25, 0.3) is 0 Å². The van der Waals surface area contributed by atoms with Gasteiger partial charge in [-0.25, -0.2) is 0 Å². The molecule has 0 aromatic heterocycles. The number of hydrazone groups is 1. The molecular weight excluding hydrogens is 234 g/mol. The first-order valence-electron chi connectivity index (χ1n) is 4.93. The second-order valence-corrected chi connectivity index (χ2v) is 4.56. The second-order valence-electron chi connectivity index (χ2n) is 3.62. The predicted molar refractivity (Wildman–Crippen MR) is 61.4 cm³/mol. The van der Waals surface area contributed by atoms with E-state index >= 15 is 0 Å². The molecule has 0 saturated carbocycles. The lowest BCUT2D eigenvalue weighted by Crippen LogP contribution is -2.60. The maximum Gasteiger partial charge on any atom is 0.127 e. The lowest BCUT2D eigenvalue weighted by molar-refractivity contribution is -0.159. The smallest absolute Gasteiger partial charge is 0.127 e. The van der Waals surface area contributed by atoms with E-state index in [4.69, 9.17) is 9.84 Å². The SMILES string of the molecule is OC[C@H]1OC[C@@H](NC2=[SH]C=NN2)[C@@H](O)[C@H]1O. The first-order valence-corrected chi connectivity index (χ1v) is 5.89. The fraction of sp³-hybridized carbons (Fsp3) is 0.750. The van der Waals surface area contributed by atoms with Gasteiger partial charge in [-0.15, -0.1) is 11.4 Å². The Hall–Kier alpha value is -0.510. The van der Waals surface area contributed by atoms with E-state index in [-0.39, 0.29) is 13.2 Å². The minimum Gasteiger partial charge on any atom is -0.394 e. The minimum atomic E-state index is -1.09. The molecule has 2 aliphatic heterocycles. The summed E-state index contributed by atoms with van der Waals surface area (Å²) in [6.45, 7) is -0.0781. The summed E-state index contributed by atoms with van der Waals surface area (Å²) >= 11 is 0.878. The molecule has 8 heteroatoms. The van der Waals surface area contributed by atoms with Gasteiger partial charge in [0.15, 0.2) is 0 Å². The summed E-state index contributed by atoms with van der Waals surface area (Å²) in [6, 6.07) is -0.408. The third-order valence-corrected chi connectivity index (χ3v) is 3.27. The summed E-state index contributed by atoms with van der Waals surface area (Å²) in [5.74, 6) is 0. The maximum atomic E-state index is 9.81. The van der Waals surface area contributed by atoms with Crippen LogP contribution >= 0.6 is 11.4 Å². The van der Waals surface area contributed by atoms with Crippen molar-refractivity contribution in [1.29, 1.82) is 0 Å². The van der Waals surface area contributed by atoms with Crippen LogP contribution in [0.3, 0.4) is 0 Å². The van der Waals surface area contributed by atoms with Crippen LogP contribution in [-0.2, 0) is 4.74 Å². The third-order valence-electron chi connectivity index (χ3n) is 2.55. The van der Waals surface area contributed by atoms with Gasteiger partial charge in [-0.1, -0.05) is 0 Å². The highest BCUT2D eigenvalue weighted by Gasteiger charge is 2.38. The highest BCUT2D eigenvalue weighted by Crippen LogP contribution is 2.15. The van der Waals surface area contributed by atoms with Crippen molar-refractivity contribution in [1.82, 2.24) is 10.7 Å². The third kappa shape index (κ3) is 2.42. The molecule has 4 atom stereocenters. The average Bonchev–Trinajstić information content (AvgIpc) is 2.78. The standard InChI is InChI=1S/C8H15N3O4S/c12-1-5-7(14)6(13)4(2-15-5)10-8-11-9-3-16-8/h3-7,10-14,16H,1-2H2/t4-,5-,6-,7+/m1/s1. The van der Waals surface area contributed by atoms with Gasteiger partial charge >= 0.3 is 0 Å². The van der Waals surface area contributed by atoms with Crippen LogP contribution in [0.2, 0.25) is 0 Å². The van der Waals surface area contributed by atoms with Crippen molar-refractivity contribution in [3.8, 4) is 0 Å². The summed E-state index contributed by atoms with van der Waals surface area (Å²) in [4.78, 5) is 0. The van der Waals surface area contributed by atoms with Gasteiger partial charge in [-0.3, -0.25) is 10.7 Å². The maximum absolute atomic E-state index is 9.81. The van der Waals surface area contributed by atoms with E-state index in [2.05, 4.69) is 15.8 Å². The van der Waals surface area contributed by atoms with E-state index in [1.54, 1.807) is 5.55 Å². The Balaban J connectivity index is 1.91. The van der Waals surface area contributed by atoms with Gasteiger partial charge in [-0.05, 0) is 0 Å². The predicted octanol–water partition coefficient (Wildman–Crippen LogP) is -2.84. The largest absolute Gasteiger partial charge is 0.394 e. The number of hydrogen-bond acceptors (Lipinski definition) is 7. The van der Waals surface area contributed by atoms with E-state index < -0.39 is 24.4 Å². The summed E-state index contributed by atoms with van der Waals surface area (Å²) in [7, 11) is 0. The minimum absolute atomic E-state index is 0.226. The highest BCUT2D eigenvalue weighted by atomic mass is 32.1. The molecule has 1 fully saturated rings. The summed E-state index contributed by atoms with van der Waals surface area (Å²) in [5.41, 5.74) is 4.40. The summed E-state index contributed by atoms with van der Waals surface area (Å²) in [6.07, 6.45) is -2.78. The Morgan fingerprint density at radius 1 is 1.56 bits per heavy atom. The van der Waals surface area contributed by atoms with Crippen molar-refractivity contribution in [2.75, 3.05) is 13.2 Å². The van der Waals surface area contributed by atoms with Crippen molar-refractivity contribution >= 4 is 22.0 Å². The molecule has 16 heavy (non-hydrogen) atoms. The van der Waals surface area contributed by atoms with Gasteiger partial charge in [-0.2, -0.15) is 5.10 Å². The van der Waals surface area contributed by atoms with E-state index in [9.17, 15) is 10.2 Å². The Morgan fingerprint density at radius 3 is 3.00 bits per heavy atom. The van der Waals surface area contributed by atoms with Crippen LogP contribution in [0.4, 0.5) is 0 Å². The molecule has 1 saturated heterocycles. The lowest BCUT2D eigenvalue weighted by Gasteiger charge is -2.37. The number of nitrogens with one attached hydrogen (secondary N) is 2. The molecule has 7 nitrogen and oxygen atoms in total. The Morgan fingerprint density at radius 2 is 2.38 bits per heavy atom. The zero-order valence-corrected chi connectivity index (χ0v) is 9.34. The molecule has 0 bridgehead atoms. The Kier molecular flexibility index (Phi) is 3.90. The van der Waals surface area contributed by atoms with Crippen LogP contribution in [0, 0.1) is 0 Å². The summed E-state index contributed by atoms with van der Waals surface area (Å²) in [5, 5.41) is 35.9. The monoisotopic (exact) mass is 249 g/mol. The molecule has 0 aliphatic carbocycles. The molecule has 0 radical (unpaired) electrons. The number of rotatable bonds is 2. The van der Waals surface area contributed by atoms with Crippen LogP contribution in [0.1, 0.15) is 0 Å². The van der Waals surface area contributed by atoms with Gasteiger partial charge in [0.25, 0.3) is 0 Å². The fourth-order valence-electron chi connectivity index (χ4n) is 1.62. The molecule has 2 aliphatic rings. The highest BCUT2D eigenvalue weighted by molar-refractivity contribution is 8.11. The molecule has 2 rings (SSSR count). The number of thiol groups is 1. The number of aliphatic hydroxyl groups excluding tert-OH is 3. The lowest BCUT2D eigenvalue weighted by atomic mass is 9.99. The Bertz CT molecular complexity index is 312. The molecule has 0 spiro atoms. The van der Waals surface area contributed by atoms with Crippen molar-refractivity contribution in [2.45, 2.75) is 24.4 Å². The van der Waals surface area contributed by atoms with E-state index in [0.29, 0.717) is 0 Å². The molecule has 0 aromatic carbocycles. The first-order chi connectivity index (χ1) is 7.72. The van der Waals surface area contributed by atoms with Crippen molar-refractivity contribution in [2.24, 2.45) is 5.10 Å². The van der Waals surface area contributed by atoms with Gasteiger partial charge < -0.3 is 20.1 Å². The van der Waals surface area contributed by atoms with Gasteiger partial charge in [0.2, 0.25) is 0 Å². The molecule has 92 valence electrons. The molecule has 2 heterocycles. The molecule has 5 N–H and O–H groups in total. The van der Waals surface area contributed by atoms with Crippen molar-refractivity contribution < 1.29 is 20.1 Å². The zero-order valence-electron chi connectivity index (χ0n) is 8.45. The van der Waals surface area contributed by atoms with Gasteiger partial charge in [0, 0.05) is 0 Å². The van der Waals surface area contributed by atoms with Crippen molar-refractivity contribution in [3.63, 3.8) is 0 Å². The van der Waals surface area contributed by atoms with Crippen LogP contribution in [-0.4, -0.2) is 63.5 Å². The normalized spacial score (nSPS) is 38.8. The topological polar surface area (TPSA) is 106 Å². The van der Waals surface area contributed by atoms with Gasteiger partial charge in [0.05, 0.1) is 24.8 Å². The molecule has 0 amide bonds. The average molecular weight is 249 g/mol. The fourth-order valence-corrected chi connectivity index (χ4v) is 2.21. The number of hydrogen-bond donors (Lipinski definition) is 6. The van der Waals surface area contributed by atoms with E-state index in [1.807, 2.05) is 0 Å². The quantitative estimate of drug-likeness (QED) is 0.232. The summed E-state index contributed by atoms with van der Waals surface area (Å²) < 4.78 is 5.23. The van der Waals surface area contributed by atoms with E-state index in [0.717, 1.165) is 16.5 Å². The van der Waals surface area contributed by atoms with Crippen LogP contribution in [0.5, 0.6) is 0 Å². The number of aliphatic hydroxyl groups is 3. The molecule has 0 unspecified atom stereocenters. The van der Waals surface area contributed by atoms with Crippen LogP contribution < -0.4 is 10.7 Å². The number of ether oxygens (including phenoxy) is 1. The van der Waals surface area contributed by atoms with Crippen LogP contribution in [0.15, 0.2) is 5.10 Å². The zero-order chi connectivity index (χ0) is 11.5. The van der Waals surface area contributed by atoms with Crippen molar-refractivity contribution in [3.05, 3.63) is 0 Å². The first kappa shape index (κ1) is 12.0. The Labute approximate surface area is 96.1 Å².